The first-order valence-corrected chi connectivity index (χ1v) is 11.0. The molecule has 0 aliphatic carbocycles. The van der Waals surface area contributed by atoms with Gasteiger partial charge in [0.05, 0.1) is 28.0 Å². The molecule has 6 N–H and O–H groups in total. The molecule has 0 spiro atoms. The number of terminal acetylenes is 1. The highest BCUT2D eigenvalue weighted by Gasteiger charge is 2.23. The van der Waals surface area contributed by atoms with E-state index in [4.69, 9.17) is 28.9 Å². The molecular formula is C24H22ClN5O6. The van der Waals surface area contributed by atoms with Crippen LogP contribution in [-0.4, -0.2) is 50.6 Å². The number of nitrogen functional groups attached to an aromatic ring is 1. The SMILES string of the molecule is C#CCN(Cc1ccc2nc(N)[nH]c(=O)c2c1)c1ccc(C(=O)NC(CCC(=O)O)C(=O)O)c(Cl)c1. The number of hydrogen-bond donors (Lipinski definition) is 5. The topological polar surface area (TPSA) is 179 Å². The van der Waals surface area contributed by atoms with E-state index in [1.807, 2.05) is 0 Å². The summed E-state index contributed by atoms with van der Waals surface area (Å²) in [6.07, 6.45) is 4.84. The van der Waals surface area contributed by atoms with E-state index in [-0.39, 0.29) is 35.1 Å². The molecule has 1 aromatic heterocycles. The van der Waals surface area contributed by atoms with E-state index in [0.717, 1.165) is 5.56 Å². The second-order valence-electron chi connectivity index (χ2n) is 7.82. The van der Waals surface area contributed by atoms with Gasteiger partial charge in [0.1, 0.15) is 6.04 Å². The molecule has 3 rings (SSSR count). The van der Waals surface area contributed by atoms with E-state index in [2.05, 4.69) is 21.2 Å². The largest absolute Gasteiger partial charge is 0.481 e. The van der Waals surface area contributed by atoms with Crippen LogP contribution in [0.3, 0.4) is 0 Å². The maximum atomic E-state index is 12.6. The van der Waals surface area contributed by atoms with Crippen LogP contribution in [-0.2, 0) is 16.1 Å². The average Bonchev–Trinajstić information content (AvgIpc) is 2.81. The molecule has 36 heavy (non-hydrogen) atoms. The van der Waals surface area contributed by atoms with Crippen molar-refractivity contribution in [3.8, 4) is 12.3 Å². The Bertz CT molecular complexity index is 1430. The van der Waals surface area contributed by atoms with Gasteiger partial charge in [-0.05, 0) is 42.3 Å². The predicted octanol–water partition coefficient (Wildman–Crippen LogP) is 1.85. The summed E-state index contributed by atoms with van der Waals surface area (Å²) in [6.45, 7) is 0.495. The van der Waals surface area contributed by atoms with Gasteiger partial charge in [0.15, 0.2) is 0 Å². The number of carbonyl (C=O) groups is 3. The minimum absolute atomic E-state index is 0.0172. The zero-order valence-electron chi connectivity index (χ0n) is 18.8. The molecule has 11 nitrogen and oxygen atoms in total. The number of carbonyl (C=O) groups excluding carboxylic acids is 1. The molecule has 186 valence electrons. The number of nitrogens with one attached hydrogen (secondary N) is 2. The van der Waals surface area contributed by atoms with Crippen molar-refractivity contribution >= 4 is 52.0 Å². The minimum atomic E-state index is -1.39. The van der Waals surface area contributed by atoms with Gasteiger partial charge in [-0.3, -0.25) is 19.4 Å². The number of aromatic nitrogens is 2. The third-order valence-electron chi connectivity index (χ3n) is 5.26. The Balaban J connectivity index is 1.82. The summed E-state index contributed by atoms with van der Waals surface area (Å²) in [7, 11) is 0. The summed E-state index contributed by atoms with van der Waals surface area (Å²) < 4.78 is 0. The highest BCUT2D eigenvalue weighted by molar-refractivity contribution is 6.34. The normalized spacial score (nSPS) is 11.4. The maximum Gasteiger partial charge on any atom is 0.326 e. The second-order valence-corrected chi connectivity index (χ2v) is 8.23. The zero-order valence-corrected chi connectivity index (χ0v) is 19.6. The molecular weight excluding hydrogens is 490 g/mol. The lowest BCUT2D eigenvalue weighted by Crippen LogP contribution is -2.41. The van der Waals surface area contributed by atoms with Crippen molar-refractivity contribution in [1.82, 2.24) is 15.3 Å². The molecule has 0 radical (unpaired) electrons. The number of aliphatic carboxylic acids is 2. The fourth-order valence-corrected chi connectivity index (χ4v) is 3.78. The van der Waals surface area contributed by atoms with Crippen molar-refractivity contribution in [3.05, 3.63) is 62.9 Å². The van der Waals surface area contributed by atoms with E-state index >= 15 is 0 Å². The highest BCUT2D eigenvalue weighted by Crippen LogP contribution is 2.26. The van der Waals surface area contributed by atoms with Crippen molar-refractivity contribution < 1.29 is 24.6 Å². The average molecular weight is 512 g/mol. The lowest BCUT2D eigenvalue weighted by atomic mass is 10.1. The number of nitrogens with zero attached hydrogens (tertiary/aromatic N) is 2. The molecule has 0 bridgehead atoms. The Hall–Kier alpha value is -4.56. The Kier molecular flexibility index (Phi) is 8.14. The number of hydrogen-bond acceptors (Lipinski definition) is 7. The summed E-state index contributed by atoms with van der Waals surface area (Å²) in [5.41, 5.74) is 7.02. The number of fused-ring (bicyclic) bond motifs is 1. The molecule has 0 fully saturated rings. The lowest BCUT2D eigenvalue weighted by molar-refractivity contribution is -0.140. The number of halogens is 1. The van der Waals surface area contributed by atoms with Crippen LogP contribution in [0.15, 0.2) is 41.2 Å². The second kappa shape index (κ2) is 11.2. The number of benzene rings is 2. The van der Waals surface area contributed by atoms with Gasteiger partial charge in [0, 0.05) is 18.7 Å². The van der Waals surface area contributed by atoms with E-state index in [1.165, 1.54) is 12.1 Å². The first-order chi connectivity index (χ1) is 17.1. The Morgan fingerprint density at radius 3 is 2.61 bits per heavy atom. The van der Waals surface area contributed by atoms with Crippen molar-refractivity contribution in [2.45, 2.75) is 25.4 Å². The standard InChI is InChI=1S/C24H22ClN5O6/c1-2-9-30(12-13-3-6-18-16(10-13)22(34)29-24(26)28-18)14-4-5-15(17(25)11-14)21(33)27-19(23(35)36)7-8-20(31)32/h1,3-6,10-11,19H,7-9,12H2,(H,27,33)(H,31,32)(H,35,36)(H3,26,28,29,34). The molecule has 1 unspecified atom stereocenters. The van der Waals surface area contributed by atoms with Gasteiger partial charge in [0.25, 0.3) is 11.5 Å². The fourth-order valence-electron chi connectivity index (χ4n) is 3.52. The van der Waals surface area contributed by atoms with Gasteiger partial charge in [-0.25, -0.2) is 9.78 Å². The van der Waals surface area contributed by atoms with Crippen LogP contribution < -0.4 is 21.5 Å². The molecule has 12 heteroatoms. The zero-order chi connectivity index (χ0) is 26.4. The van der Waals surface area contributed by atoms with Crippen LogP contribution in [0.5, 0.6) is 0 Å². The monoisotopic (exact) mass is 511 g/mol. The molecule has 0 saturated heterocycles. The summed E-state index contributed by atoms with van der Waals surface area (Å²) in [4.78, 5) is 55.3. The Morgan fingerprint density at radius 2 is 1.97 bits per heavy atom. The minimum Gasteiger partial charge on any atom is -0.481 e. The third-order valence-corrected chi connectivity index (χ3v) is 5.57. The third kappa shape index (κ3) is 6.31. The van der Waals surface area contributed by atoms with Gasteiger partial charge >= 0.3 is 11.9 Å². The van der Waals surface area contributed by atoms with Crippen molar-refractivity contribution in [3.63, 3.8) is 0 Å². The van der Waals surface area contributed by atoms with Gasteiger partial charge in [0.2, 0.25) is 5.95 Å². The Morgan fingerprint density at radius 1 is 1.22 bits per heavy atom. The van der Waals surface area contributed by atoms with E-state index in [0.29, 0.717) is 23.1 Å². The number of carboxylic acids is 2. The number of nitrogens with two attached hydrogens (primary N) is 1. The van der Waals surface area contributed by atoms with Crippen LogP contribution in [0, 0.1) is 12.3 Å². The number of amides is 1. The van der Waals surface area contributed by atoms with E-state index in [9.17, 15) is 24.3 Å². The summed E-state index contributed by atoms with van der Waals surface area (Å²) in [5, 5.41) is 20.7. The number of aromatic amines is 1. The number of carboxylic acid groups (broad SMARTS) is 2. The van der Waals surface area contributed by atoms with Crippen LogP contribution >= 0.6 is 11.6 Å². The predicted molar refractivity (Wildman–Crippen MR) is 134 cm³/mol. The summed E-state index contributed by atoms with van der Waals surface area (Å²) in [5.74, 6) is -0.718. The molecule has 0 aliphatic heterocycles. The molecule has 1 heterocycles. The maximum absolute atomic E-state index is 12.6. The molecule has 0 saturated carbocycles. The van der Waals surface area contributed by atoms with Crippen molar-refractivity contribution in [2.75, 3.05) is 17.2 Å². The molecule has 3 aromatic rings. The highest BCUT2D eigenvalue weighted by atomic mass is 35.5. The lowest BCUT2D eigenvalue weighted by Gasteiger charge is -2.23. The summed E-state index contributed by atoms with van der Waals surface area (Å²) >= 11 is 6.33. The molecule has 0 aliphatic rings. The first kappa shape index (κ1) is 26.1. The Labute approximate surface area is 209 Å². The van der Waals surface area contributed by atoms with Gasteiger partial charge in [-0.2, -0.15) is 0 Å². The van der Waals surface area contributed by atoms with Crippen LogP contribution in [0.2, 0.25) is 5.02 Å². The number of rotatable bonds is 10. The fraction of sp³-hybridized carbons (Fsp3) is 0.208. The van der Waals surface area contributed by atoms with Gasteiger partial charge < -0.3 is 26.2 Å². The van der Waals surface area contributed by atoms with Gasteiger partial charge in [-0.15, -0.1) is 6.42 Å². The first-order valence-electron chi connectivity index (χ1n) is 10.6. The van der Waals surface area contributed by atoms with Crippen molar-refractivity contribution in [1.29, 1.82) is 0 Å². The van der Waals surface area contributed by atoms with E-state index in [1.54, 1.807) is 29.2 Å². The van der Waals surface area contributed by atoms with Gasteiger partial charge in [-0.1, -0.05) is 23.6 Å². The van der Waals surface area contributed by atoms with Crippen LogP contribution in [0.4, 0.5) is 11.6 Å². The van der Waals surface area contributed by atoms with Crippen molar-refractivity contribution in [2.24, 2.45) is 0 Å². The molecule has 1 atom stereocenters. The smallest absolute Gasteiger partial charge is 0.326 e. The van der Waals surface area contributed by atoms with Crippen LogP contribution in [0.25, 0.3) is 10.9 Å². The quantitative estimate of drug-likeness (QED) is 0.254. The molecule has 2 aromatic carbocycles. The number of H-pyrrole nitrogens is 1. The van der Waals surface area contributed by atoms with E-state index < -0.39 is 30.3 Å². The number of anilines is 2. The molecule has 1 amide bonds. The van der Waals surface area contributed by atoms with Crippen LogP contribution in [0.1, 0.15) is 28.8 Å². The summed E-state index contributed by atoms with van der Waals surface area (Å²) in [6, 6.07) is 8.28.